The van der Waals surface area contributed by atoms with E-state index in [0.29, 0.717) is 6.54 Å². The number of carbonyl (C=O) groups is 2. The Kier molecular flexibility index (Phi) is 6.78. The topological polar surface area (TPSA) is 72.9 Å². The van der Waals surface area contributed by atoms with Crippen molar-refractivity contribution in [2.45, 2.75) is 39.2 Å². The molecule has 1 unspecified atom stereocenters. The van der Waals surface area contributed by atoms with Gasteiger partial charge in [-0.2, -0.15) is 0 Å². The summed E-state index contributed by atoms with van der Waals surface area (Å²) in [6.45, 7) is 7.43. The van der Waals surface area contributed by atoms with Crippen molar-refractivity contribution in [1.82, 2.24) is 15.1 Å². The molecule has 0 bridgehead atoms. The first-order chi connectivity index (χ1) is 9.45. The molecule has 0 aliphatic carbocycles. The van der Waals surface area contributed by atoms with Crippen LogP contribution in [0.2, 0.25) is 0 Å². The summed E-state index contributed by atoms with van der Waals surface area (Å²) in [6.07, 6.45) is 3.17. The largest absolute Gasteiger partial charge is 0.480 e. The van der Waals surface area contributed by atoms with Gasteiger partial charge in [0.25, 0.3) is 0 Å². The molecule has 0 aromatic rings. The Morgan fingerprint density at radius 1 is 1.35 bits per heavy atom. The normalized spacial score (nSPS) is 18.6. The quantitative estimate of drug-likeness (QED) is 0.738. The van der Waals surface area contributed by atoms with Crippen LogP contribution in [0.4, 0.5) is 4.79 Å². The van der Waals surface area contributed by atoms with Gasteiger partial charge in [0.2, 0.25) is 0 Å². The molecule has 20 heavy (non-hydrogen) atoms. The van der Waals surface area contributed by atoms with Crippen LogP contribution in [0.3, 0.4) is 0 Å². The van der Waals surface area contributed by atoms with Crippen molar-refractivity contribution in [3.05, 3.63) is 0 Å². The zero-order valence-electron chi connectivity index (χ0n) is 12.8. The minimum absolute atomic E-state index is 0.0802. The fourth-order valence-electron chi connectivity index (χ4n) is 2.33. The van der Waals surface area contributed by atoms with Crippen molar-refractivity contribution in [3.8, 4) is 0 Å². The third-order valence-corrected chi connectivity index (χ3v) is 4.06. The molecule has 1 heterocycles. The zero-order chi connectivity index (χ0) is 15.1. The van der Waals surface area contributed by atoms with Crippen LogP contribution in [0.25, 0.3) is 0 Å². The van der Waals surface area contributed by atoms with E-state index in [2.05, 4.69) is 10.2 Å². The lowest BCUT2D eigenvalue weighted by Gasteiger charge is -2.25. The monoisotopic (exact) mass is 285 g/mol. The van der Waals surface area contributed by atoms with Gasteiger partial charge in [-0.15, -0.1) is 0 Å². The predicted molar refractivity (Wildman–Crippen MR) is 77.7 cm³/mol. The van der Waals surface area contributed by atoms with E-state index in [0.717, 1.165) is 26.1 Å². The molecule has 6 heteroatoms. The van der Waals surface area contributed by atoms with Gasteiger partial charge in [-0.25, -0.2) is 9.59 Å². The molecular weight excluding hydrogens is 258 g/mol. The Balaban J connectivity index is 2.40. The third-order valence-electron chi connectivity index (χ3n) is 4.06. The van der Waals surface area contributed by atoms with Crippen molar-refractivity contribution in [2.75, 3.05) is 33.2 Å². The number of hydrogen-bond acceptors (Lipinski definition) is 3. The molecule has 0 radical (unpaired) electrons. The number of carboxylic acids is 1. The van der Waals surface area contributed by atoms with Gasteiger partial charge < -0.3 is 20.2 Å². The van der Waals surface area contributed by atoms with Gasteiger partial charge in [0.1, 0.15) is 6.04 Å². The Morgan fingerprint density at radius 3 is 2.45 bits per heavy atom. The molecule has 0 saturated carbocycles. The SMILES string of the molecule is CCC(C)[C@H](NC(=O)N(C)CCN1CCCC1)C(=O)O. The molecule has 1 saturated heterocycles. The van der Waals surface area contributed by atoms with Crippen molar-refractivity contribution < 1.29 is 14.7 Å². The summed E-state index contributed by atoms with van der Waals surface area (Å²) in [5, 5.41) is 11.8. The number of hydrogen-bond donors (Lipinski definition) is 2. The highest BCUT2D eigenvalue weighted by Crippen LogP contribution is 2.09. The van der Waals surface area contributed by atoms with Crippen molar-refractivity contribution in [3.63, 3.8) is 0 Å². The number of urea groups is 1. The van der Waals surface area contributed by atoms with Gasteiger partial charge in [-0.1, -0.05) is 20.3 Å². The van der Waals surface area contributed by atoms with E-state index >= 15 is 0 Å². The van der Waals surface area contributed by atoms with Gasteiger partial charge in [-0.3, -0.25) is 0 Å². The maximum Gasteiger partial charge on any atom is 0.326 e. The van der Waals surface area contributed by atoms with E-state index in [1.54, 1.807) is 11.9 Å². The Bertz CT molecular complexity index is 330. The van der Waals surface area contributed by atoms with E-state index in [1.165, 1.54) is 12.8 Å². The third kappa shape index (κ3) is 5.00. The number of nitrogens with zero attached hydrogens (tertiary/aromatic N) is 2. The second-order valence-corrected chi connectivity index (χ2v) is 5.62. The molecule has 1 aliphatic rings. The van der Waals surface area contributed by atoms with Crippen LogP contribution in [0.5, 0.6) is 0 Å². The molecule has 6 nitrogen and oxygen atoms in total. The Morgan fingerprint density at radius 2 is 1.95 bits per heavy atom. The molecule has 2 atom stereocenters. The molecule has 0 spiro atoms. The molecule has 0 aromatic carbocycles. The van der Waals surface area contributed by atoms with Gasteiger partial charge in [0.05, 0.1) is 0 Å². The van der Waals surface area contributed by atoms with Crippen LogP contribution >= 0.6 is 0 Å². The summed E-state index contributed by atoms with van der Waals surface area (Å²) in [5.41, 5.74) is 0. The number of rotatable bonds is 7. The smallest absolute Gasteiger partial charge is 0.326 e. The summed E-state index contributed by atoms with van der Waals surface area (Å²) in [6, 6.07) is -1.13. The second-order valence-electron chi connectivity index (χ2n) is 5.62. The summed E-state index contributed by atoms with van der Waals surface area (Å²) in [7, 11) is 1.71. The van der Waals surface area contributed by atoms with Crippen LogP contribution in [0.15, 0.2) is 0 Å². The van der Waals surface area contributed by atoms with E-state index in [1.807, 2.05) is 13.8 Å². The minimum atomic E-state index is -0.972. The second kappa shape index (κ2) is 8.09. The van der Waals surface area contributed by atoms with Gasteiger partial charge in [0, 0.05) is 20.1 Å². The Labute approximate surface area is 121 Å². The molecule has 2 amide bonds. The predicted octanol–water partition coefficient (Wildman–Crippen LogP) is 1.22. The molecule has 116 valence electrons. The van der Waals surface area contributed by atoms with Crippen LogP contribution in [0.1, 0.15) is 33.1 Å². The molecule has 2 N–H and O–H groups in total. The van der Waals surface area contributed by atoms with Gasteiger partial charge in [-0.05, 0) is 31.8 Å². The molecule has 1 rings (SSSR count). The maximum absolute atomic E-state index is 12.0. The number of aliphatic carboxylic acids is 1. The molecule has 1 aliphatic heterocycles. The van der Waals surface area contributed by atoms with Gasteiger partial charge >= 0.3 is 12.0 Å². The van der Waals surface area contributed by atoms with Crippen molar-refractivity contribution in [2.24, 2.45) is 5.92 Å². The highest BCUT2D eigenvalue weighted by atomic mass is 16.4. The molecule has 0 aromatic heterocycles. The first kappa shape index (κ1) is 16.8. The fourth-order valence-corrected chi connectivity index (χ4v) is 2.33. The summed E-state index contributed by atoms with van der Waals surface area (Å²) in [5.74, 6) is -1.05. The first-order valence-corrected chi connectivity index (χ1v) is 7.42. The maximum atomic E-state index is 12.0. The highest BCUT2D eigenvalue weighted by molar-refractivity contribution is 5.82. The van der Waals surface area contributed by atoms with Crippen LogP contribution in [-0.4, -0.2) is 66.2 Å². The number of nitrogens with one attached hydrogen (secondary N) is 1. The number of carbonyl (C=O) groups excluding carboxylic acids is 1. The number of carboxylic acid groups (broad SMARTS) is 1. The number of amides is 2. The average Bonchev–Trinajstić information content (AvgIpc) is 2.93. The Hall–Kier alpha value is -1.30. The van der Waals surface area contributed by atoms with Crippen LogP contribution < -0.4 is 5.32 Å². The first-order valence-electron chi connectivity index (χ1n) is 7.42. The number of likely N-dealkylation sites (tertiary alicyclic amines) is 1. The lowest BCUT2D eigenvalue weighted by atomic mass is 9.99. The van der Waals surface area contributed by atoms with E-state index in [4.69, 9.17) is 5.11 Å². The average molecular weight is 285 g/mol. The summed E-state index contributed by atoms with van der Waals surface area (Å²) in [4.78, 5) is 27.1. The van der Waals surface area contributed by atoms with E-state index in [9.17, 15) is 9.59 Å². The lowest BCUT2D eigenvalue weighted by Crippen LogP contribution is -2.50. The van der Waals surface area contributed by atoms with Crippen LogP contribution in [0, 0.1) is 5.92 Å². The van der Waals surface area contributed by atoms with Gasteiger partial charge in [0.15, 0.2) is 0 Å². The van der Waals surface area contributed by atoms with E-state index in [-0.39, 0.29) is 11.9 Å². The lowest BCUT2D eigenvalue weighted by molar-refractivity contribution is -0.140. The summed E-state index contributed by atoms with van der Waals surface area (Å²) < 4.78 is 0. The molecule has 1 fully saturated rings. The van der Waals surface area contributed by atoms with Crippen molar-refractivity contribution in [1.29, 1.82) is 0 Å². The summed E-state index contributed by atoms with van der Waals surface area (Å²) >= 11 is 0. The molecular formula is C14H27N3O3. The minimum Gasteiger partial charge on any atom is -0.480 e. The fraction of sp³-hybridized carbons (Fsp3) is 0.857. The van der Waals surface area contributed by atoms with E-state index < -0.39 is 12.0 Å². The zero-order valence-corrected chi connectivity index (χ0v) is 12.8. The highest BCUT2D eigenvalue weighted by Gasteiger charge is 2.26. The van der Waals surface area contributed by atoms with Crippen molar-refractivity contribution >= 4 is 12.0 Å². The standard InChI is InChI=1S/C14H27N3O3/c1-4-11(2)12(13(18)19)15-14(20)16(3)9-10-17-7-5-6-8-17/h11-12H,4-10H2,1-3H3,(H,15,20)(H,18,19)/t11?,12-/m0/s1. The van der Waals surface area contributed by atoms with Crippen LogP contribution in [-0.2, 0) is 4.79 Å². The number of likely N-dealkylation sites (N-methyl/N-ethyl adjacent to an activating group) is 1.